The minimum atomic E-state index is -0.139. The molecular weight excluding hydrogens is 376 g/mol. The summed E-state index contributed by atoms with van der Waals surface area (Å²) in [6.07, 6.45) is 0. The largest absolute Gasteiger partial charge is 0.355 e. The van der Waals surface area contributed by atoms with Crippen molar-refractivity contribution in [1.29, 1.82) is 0 Å². The first-order valence-corrected chi connectivity index (χ1v) is 9.94. The summed E-state index contributed by atoms with van der Waals surface area (Å²) in [5.41, 5.74) is 1.10. The van der Waals surface area contributed by atoms with Gasteiger partial charge in [0.1, 0.15) is 0 Å². The van der Waals surface area contributed by atoms with Crippen molar-refractivity contribution in [3.8, 4) is 10.6 Å². The van der Waals surface area contributed by atoms with E-state index in [-0.39, 0.29) is 11.8 Å². The number of thiophene rings is 1. The molecular formula is C20H20N4O3S. The summed E-state index contributed by atoms with van der Waals surface area (Å²) in [6, 6.07) is 14.9. The van der Waals surface area contributed by atoms with Crippen LogP contribution in [0.25, 0.3) is 10.6 Å². The third-order valence-corrected chi connectivity index (χ3v) is 5.46. The Morgan fingerprint density at radius 3 is 2.57 bits per heavy atom. The van der Waals surface area contributed by atoms with Crippen molar-refractivity contribution < 1.29 is 14.1 Å². The number of nitrogens with one attached hydrogen (secondary N) is 1. The summed E-state index contributed by atoms with van der Waals surface area (Å²) >= 11 is 1.54. The van der Waals surface area contributed by atoms with E-state index in [1.807, 2.05) is 52.7 Å². The zero-order valence-corrected chi connectivity index (χ0v) is 16.0. The van der Waals surface area contributed by atoms with E-state index in [0.29, 0.717) is 44.2 Å². The van der Waals surface area contributed by atoms with Crippen molar-refractivity contribution in [3.05, 3.63) is 59.6 Å². The number of nitrogens with zero attached hydrogens (tertiary/aromatic N) is 3. The van der Waals surface area contributed by atoms with E-state index >= 15 is 0 Å². The van der Waals surface area contributed by atoms with Gasteiger partial charge in [0.15, 0.2) is 11.5 Å². The number of hydrogen-bond acceptors (Lipinski definition) is 6. The van der Waals surface area contributed by atoms with Crippen molar-refractivity contribution >= 4 is 28.8 Å². The number of hydrogen-bond donors (Lipinski definition) is 1. The fourth-order valence-corrected chi connectivity index (χ4v) is 3.78. The summed E-state index contributed by atoms with van der Waals surface area (Å²) in [7, 11) is 0. The van der Waals surface area contributed by atoms with Crippen LogP contribution < -0.4 is 5.32 Å². The van der Waals surface area contributed by atoms with E-state index in [1.165, 1.54) is 11.3 Å². The first kappa shape index (κ1) is 18.4. The highest BCUT2D eigenvalue weighted by atomic mass is 32.1. The molecule has 3 heterocycles. The van der Waals surface area contributed by atoms with Crippen molar-refractivity contribution in [3.63, 3.8) is 0 Å². The summed E-state index contributed by atoms with van der Waals surface area (Å²) < 4.78 is 5.30. The highest BCUT2D eigenvalue weighted by molar-refractivity contribution is 7.13. The van der Waals surface area contributed by atoms with Crippen LogP contribution in [-0.4, -0.2) is 59.5 Å². The maximum atomic E-state index is 12.7. The third-order valence-electron chi connectivity index (χ3n) is 4.58. The number of amides is 2. The Kier molecular flexibility index (Phi) is 5.50. The Bertz CT molecular complexity index is 932. The van der Waals surface area contributed by atoms with Crippen LogP contribution in [0, 0.1) is 0 Å². The smallest absolute Gasteiger partial charge is 0.276 e. The molecule has 1 aliphatic heterocycles. The molecule has 3 aromatic rings. The number of carbonyl (C=O) groups excluding carboxylic acids is 2. The van der Waals surface area contributed by atoms with Gasteiger partial charge in [-0.25, -0.2) is 0 Å². The number of aromatic nitrogens is 1. The lowest BCUT2D eigenvalue weighted by Gasteiger charge is -2.33. The van der Waals surface area contributed by atoms with Crippen LogP contribution in [0.1, 0.15) is 10.5 Å². The van der Waals surface area contributed by atoms with Crippen molar-refractivity contribution in [2.24, 2.45) is 0 Å². The molecule has 0 aliphatic carbocycles. The van der Waals surface area contributed by atoms with Gasteiger partial charge < -0.3 is 14.7 Å². The fraction of sp³-hybridized carbons (Fsp3) is 0.250. The molecule has 8 heteroatoms. The normalized spacial score (nSPS) is 14.8. The number of para-hydroxylation sites is 1. The zero-order chi connectivity index (χ0) is 19.3. The van der Waals surface area contributed by atoms with Crippen LogP contribution in [0.2, 0.25) is 0 Å². The van der Waals surface area contributed by atoms with Gasteiger partial charge >= 0.3 is 0 Å². The zero-order valence-electron chi connectivity index (χ0n) is 15.2. The molecule has 0 spiro atoms. The summed E-state index contributed by atoms with van der Waals surface area (Å²) in [6.45, 7) is 2.70. The van der Waals surface area contributed by atoms with Gasteiger partial charge in [-0.05, 0) is 23.6 Å². The predicted molar refractivity (Wildman–Crippen MR) is 107 cm³/mol. The number of anilines is 1. The Hall–Kier alpha value is -2.97. The van der Waals surface area contributed by atoms with Gasteiger partial charge in [-0.3, -0.25) is 14.5 Å². The highest BCUT2D eigenvalue weighted by Crippen LogP contribution is 2.25. The molecule has 0 unspecified atom stereocenters. The fourth-order valence-electron chi connectivity index (χ4n) is 3.11. The van der Waals surface area contributed by atoms with Gasteiger partial charge in [-0.15, -0.1) is 11.3 Å². The first-order chi connectivity index (χ1) is 13.7. The topological polar surface area (TPSA) is 78.7 Å². The van der Waals surface area contributed by atoms with Gasteiger partial charge in [0.25, 0.3) is 5.91 Å². The summed E-state index contributed by atoms with van der Waals surface area (Å²) in [4.78, 5) is 29.6. The average Bonchev–Trinajstić information content (AvgIpc) is 3.40. The lowest BCUT2D eigenvalue weighted by molar-refractivity contribution is -0.117. The van der Waals surface area contributed by atoms with Crippen molar-refractivity contribution in [2.75, 3.05) is 38.0 Å². The van der Waals surface area contributed by atoms with Crippen LogP contribution in [-0.2, 0) is 4.79 Å². The lowest BCUT2D eigenvalue weighted by Crippen LogP contribution is -2.50. The average molecular weight is 396 g/mol. The first-order valence-electron chi connectivity index (χ1n) is 9.06. The monoisotopic (exact) mass is 396 g/mol. The van der Waals surface area contributed by atoms with Crippen LogP contribution in [0.4, 0.5) is 5.69 Å². The van der Waals surface area contributed by atoms with Gasteiger partial charge in [-0.1, -0.05) is 29.4 Å². The number of rotatable bonds is 5. The molecule has 1 fully saturated rings. The second-order valence-corrected chi connectivity index (χ2v) is 7.48. The van der Waals surface area contributed by atoms with Gasteiger partial charge in [0.05, 0.1) is 11.4 Å². The minimum Gasteiger partial charge on any atom is -0.355 e. The molecule has 1 aliphatic rings. The molecule has 1 saturated heterocycles. The van der Waals surface area contributed by atoms with Crippen LogP contribution in [0.15, 0.2) is 58.4 Å². The molecule has 28 heavy (non-hydrogen) atoms. The van der Waals surface area contributed by atoms with Crippen LogP contribution in [0.5, 0.6) is 0 Å². The lowest BCUT2D eigenvalue weighted by atomic mass is 10.2. The van der Waals surface area contributed by atoms with Gasteiger partial charge in [0.2, 0.25) is 5.91 Å². The Morgan fingerprint density at radius 2 is 1.86 bits per heavy atom. The minimum absolute atomic E-state index is 0.0527. The second-order valence-electron chi connectivity index (χ2n) is 6.54. The molecule has 0 atom stereocenters. The Labute approximate surface area is 166 Å². The molecule has 2 aromatic heterocycles. The molecule has 1 N–H and O–H groups in total. The van der Waals surface area contributed by atoms with E-state index in [4.69, 9.17) is 4.52 Å². The van der Waals surface area contributed by atoms with Crippen LogP contribution in [0.3, 0.4) is 0 Å². The maximum absolute atomic E-state index is 12.7. The number of benzene rings is 1. The summed E-state index contributed by atoms with van der Waals surface area (Å²) in [5, 5.41) is 8.76. The molecule has 0 saturated carbocycles. The molecule has 4 rings (SSSR count). The standard InChI is InChI=1S/C20H20N4O3S/c25-19(21-15-5-2-1-3-6-15)14-23-8-10-24(11-9-23)20(26)16-13-17(27-22-16)18-7-4-12-28-18/h1-7,12-13H,8-11,14H2,(H,21,25). The SMILES string of the molecule is O=C(CN1CCN(C(=O)c2cc(-c3cccs3)on2)CC1)Nc1ccccc1. The van der Waals surface area contributed by atoms with E-state index in [0.717, 1.165) is 10.6 Å². The molecule has 2 amide bonds. The predicted octanol–water partition coefficient (Wildman–Crippen LogP) is 2.80. The van der Waals surface area contributed by atoms with Crippen LogP contribution >= 0.6 is 11.3 Å². The second kappa shape index (κ2) is 8.37. The third kappa shape index (κ3) is 4.29. The number of piperazine rings is 1. The molecule has 0 bridgehead atoms. The van der Waals surface area contributed by atoms with E-state index in [1.54, 1.807) is 11.0 Å². The van der Waals surface area contributed by atoms with E-state index in [2.05, 4.69) is 10.5 Å². The Morgan fingerprint density at radius 1 is 1.07 bits per heavy atom. The molecule has 0 radical (unpaired) electrons. The highest BCUT2D eigenvalue weighted by Gasteiger charge is 2.25. The van der Waals surface area contributed by atoms with Crippen molar-refractivity contribution in [1.82, 2.24) is 15.0 Å². The summed E-state index contributed by atoms with van der Waals surface area (Å²) in [5.74, 6) is 0.414. The van der Waals surface area contributed by atoms with Crippen molar-refractivity contribution in [2.45, 2.75) is 0 Å². The van der Waals surface area contributed by atoms with Gasteiger partial charge in [-0.2, -0.15) is 0 Å². The maximum Gasteiger partial charge on any atom is 0.276 e. The number of carbonyl (C=O) groups is 2. The molecule has 144 valence electrons. The van der Waals surface area contributed by atoms with E-state index < -0.39 is 0 Å². The molecule has 1 aromatic carbocycles. The Balaban J connectivity index is 1.28. The van der Waals surface area contributed by atoms with E-state index in [9.17, 15) is 9.59 Å². The van der Waals surface area contributed by atoms with Gasteiger partial charge in [0, 0.05) is 37.9 Å². The quantitative estimate of drug-likeness (QED) is 0.717. The molecule has 7 nitrogen and oxygen atoms in total.